The van der Waals surface area contributed by atoms with E-state index in [4.69, 9.17) is 9.63 Å². The van der Waals surface area contributed by atoms with Crippen molar-refractivity contribution < 1.29 is 23.9 Å². The standard InChI is InChI=1S/C17H15O5P/c1-11(17(18)19)10-23(20,21)22-15-9-8-13-5-2-4-12-6-3-7-14(15)16(12)13/h2-10,15H,1H3,(H,18,19)(H,20,21). The minimum absolute atomic E-state index is 0.228. The van der Waals surface area contributed by atoms with E-state index in [1.165, 1.54) is 6.92 Å². The first-order valence-corrected chi connectivity index (χ1v) is 8.65. The van der Waals surface area contributed by atoms with Crippen LogP contribution in [0.4, 0.5) is 0 Å². The summed E-state index contributed by atoms with van der Waals surface area (Å²) in [6, 6.07) is 11.5. The van der Waals surface area contributed by atoms with Gasteiger partial charge >= 0.3 is 13.6 Å². The van der Waals surface area contributed by atoms with Crippen LogP contribution in [-0.4, -0.2) is 16.0 Å². The van der Waals surface area contributed by atoms with Crippen molar-refractivity contribution in [2.75, 3.05) is 0 Å². The first-order valence-electron chi connectivity index (χ1n) is 7.01. The Morgan fingerprint density at radius 1 is 1.26 bits per heavy atom. The predicted octanol–water partition coefficient (Wildman–Crippen LogP) is 4.10. The highest BCUT2D eigenvalue weighted by Gasteiger charge is 2.26. The molecule has 0 amide bonds. The minimum Gasteiger partial charge on any atom is -0.478 e. The van der Waals surface area contributed by atoms with Crippen LogP contribution in [-0.2, 0) is 13.9 Å². The number of aliphatic carboxylic acids is 1. The highest BCUT2D eigenvalue weighted by Crippen LogP contribution is 2.51. The fourth-order valence-corrected chi connectivity index (χ4v) is 3.83. The molecule has 2 unspecified atom stereocenters. The smallest absolute Gasteiger partial charge is 0.353 e. The molecule has 2 atom stereocenters. The van der Waals surface area contributed by atoms with Crippen LogP contribution in [0.1, 0.15) is 24.2 Å². The quantitative estimate of drug-likeness (QED) is 0.651. The Bertz CT molecular complexity index is 892. The molecule has 118 valence electrons. The Balaban J connectivity index is 1.99. The van der Waals surface area contributed by atoms with Gasteiger partial charge in [-0.3, -0.25) is 9.09 Å². The van der Waals surface area contributed by atoms with E-state index in [2.05, 4.69) is 0 Å². The third kappa shape index (κ3) is 3.13. The van der Waals surface area contributed by atoms with Crippen LogP contribution < -0.4 is 0 Å². The molecule has 6 heteroatoms. The van der Waals surface area contributed by atoms with Crippen molar-refractivity contribution >= 4 is 30.4 Å². The van der Waals surface area contributed by atoms with Gasteiger partial charge < -0.3 is 10.00 Å². The molecular formula is C17H15O5P. The van der Waals surface area contributed by atoms with Gasteiger partial charge in [0.25, 0.3) is 0 Å². The molecule has 5 nitrogen and oxygen atoms in total. The Morgan fingerprint density at radius 3 is 2.65 bits per heavy atom. The van der Waals surface area contributed by atoms with Crippen LogP contribution in [0.15, 0.2) is 53.9 Å². The van der Waals surface area contributed by atoms with Crippen molar-refractivity contribution in [1.82, 2.24) is 0 Å². The normalized spacial score (nSPS) is 19.6. The summed E-state index contributed by atoms with van der Waals surface area (Å²) in [5, 5.41) is 10.8. The fourth-order valence-electron chi connectivity index (χ4n) is 2.66. The van der Waals surface area contributed by atoms with Crippen molar-refractivity contribution in [3.8, 4) is 0 Å². The monoisotopic (exact) mass is 330 g/mol. The molecule has 0 heterocycles. The Labute approximate surface area is 133 Å². The molecule has 0 saturated heterocycles. The Morgan fingerprint density at radius 2 is 1.96 bits per heavy atom. The number of hydrogen-bond acceptors (Lipinski definition) is 3. The van der Waals surface area contributed by atoms with Gasteiger partial charge in [-0.1, -0.05) is 48.6 Å². The summed E-state index contributed by atoms with van der Waals surface area (Å²) >= 11 is 0. The summed E-state index contributed by atoms with van der Waals surface area (Å²) in [4.78, 5) is 20.8. The van der Waals surface area contributed by atoms with Crippen molar-refractivity contribution in [3.63, 3.8) is 0 Å². The molecule has 0 saturated carbocycles. The molecule has 2 aromatic carbocycles. The van der Waals surface area contributed by atoms with Gasteiger partial charge in [0, 0.05) is 11.4 Å². The SMILES string of the molecule is CC(=CP(=O)(O)OC1C=Cc2cccc3cccc1c23)C(=O)O. The number of rotatable bonds is 4. The predicted molar refractivity (Wildman–Crippen MR) is 88.0 cm³/mol. The third-order valence-corrected chi connectivity index (χ3v) is 4.93. The van der Waals surface area contributed by atoms with E-state index in [0.717, 1.165) is 27.7 Å². The second kappa shape index (κ2) is 5.78. The van der Waals surface area contributed by atoms with Gasteiger partial charge in [0.2, 0.25) is 0 Å². The molecule has 2 aromatic rings. The molecule has 3 rings (SSSR count). The maximum Gasteiger partial charge on any atom is 0.353 e. The van der Waals surface area contributed by atoms with Crippen LogP contribution >= 0.6 is 7.60 Å². The van der Waals surface area contributed by atoms with Gasteiger partial charge in [0.1, 0.15) is 6.10 Å². The number of carboxylic acid groups (broad SMARTS) is 1. The Kier molecular flexibility index (Phi) is 3.94. The number of carbonyl (C=O) groups is 1. The average Bonchev–Trinajstić information content (AvgIpc) is 2.49. The number of benzene rings is 2. The summed E-state index contributed by atoms with van der Waals surface area (Å²) in [6.45, 7) is 1.25. The molecule has 0 fully saturated rings. The number of carboxylic acids is 1. The van der Waals surface area contributed by atoms with E-state index >= 15 is 0 Å². The molecule has 23 heavy (non-hydrogen) atoms. The largest absolute Gasteiger partial charge is 0.478 e. The van der Waals surface area contributed by atoms with Gasteiger partial charge in [0.15, 0.2) is 0 Å². The van der Waals surface area contributed by atoms with Crippen molar-refractivity contribution in [2.45, 2.75) is 13.0 Å². The molecular weight excluding hydrogens is 315 g/mol. The molecule has 1 aliphatic rings. The fraction of sp³-hybridized carbons (Fsp3) is 0.118. The van der Waals surface area contributed by atoms with E-state index < -0.39 is 19.7 Å². The molecule has 0 radical (unpaired) electrons. The lowest BCUT2D eigenvalue weighted by molar-refractivity contribution is -0.132. The highest BCUT2D eigenvalue weighted by molar-refractivity contribution is 7.56. The van der Waals surface area contributed by atoms with Gasteiger partial charge in [-0.15, -0.1) is 0 Å². The number of hydrogen-bond donors (Lipinski definition) is 2. The van der Waals surface area contributed by atoms with Crippen molar-refractivity contribution in [2.24, 2.45) is 0 Å². The average molecular weight is 330 g/mol. The topological polar surface area (TPSA) is 83.8 Å². The van der Waals surface area contributed by atoms with Crippen LogP contribution in [0.5, 0.6) is 0 Å². The lowest BCUT2D eigenvalue weighted by Crippen LogP contribution is -2.05. The summed E-state index contributed by atoms with van der Waals surface area (Å²) in [6.07, 6.45) is 2.83. The first-order chi connectivity index (χ1) is 10.9. The van der Waals surface area contributed by atoms with E-state index in [9.17, 15) is 14.3 Å². The highest BCUT2D eigenvalue weighted by atomic mass is 31.2. The maximum absolute atomic E-state index is 12.2. The van der Waals surface area contributed by atoms with E-state index in [1.54, 1.807) is 6.08 Å². The van der Waals surface area contributed by atoms with Crippen LogP contribution in [0.2, 0.25) is 0 Å². The van der Waals surface area contributed by atoms with Crippen LogP contribution in [0.25, 0.3) is 16.8 Å². The van der Waals surface area contributed by atoms with E-state index in [-0.39, 0.29) is 5.57 Å². The second-order valence-electron chi connectivity index (χ2n) is 5.36. The minimum atomic E-state index is -4.18. The Hall–Kier alpha value is -2.20. The van der Waals surface area contributed by atoms with Crippen LogP contribution in [0, 0.1) is 0 Å². The van der Waals surface area contributed by atoms with Gasteiger partial charge in [0.05, 0.1) is 0 Å². The molecule has 0 spiro atoms. The van der Waals surface area contributed by atoms with Gasteiger partial charge in [-0.25, -0.2) is 4.79 Å². The van der Waals surface area contributed by atoms with Crippen LogP contribution in [0.3, 0.4) is 0 Å². The molecule has 2 N–H and O–H groups in total. The molecule has 0 aliphatic heterocycles. The van der Waals surface area contributed by atoms with Crippen molar-refractivity contribution in [1.29, 1.82) is 0 Å². The second-order valence-corrected chi connectivity index (χ2v) is 6.96. The molecule has 0 aromatic heterocycles. The summed E-state index contributed by atoms with van der Waals surface area (Å²) in [5.74, 6) is -0.487. The zero-order chi connectivity index (χ0) is 16.6. The van der Waals surface area contributed by atoms with Gasteiger partial charge in [-0.05, 0) is 28.8 Å². The summed E-state index contributed by atoms with van der Waals surface area (Å²) in [5.41, 5.74) is 1.58. The summed E-state index contributed by atoms with van der Waals surface area (Å²) < 4.78 is 17.5. The first kappa shape index (κ1) is 15.7. The lowest BCUT2D eigenvalue weighted by Gasteiger charge is -2.23. The zero-order valence-corrected chi connectivity index (χ0v) is 13.2. The lowest BCUT2D eigenvalue weighted by atomic mass is 9.92. The van der Waals surface area contributed by atoms with Gasteiger partial charge in [-0.2, -0.15) is 0 Å². The van der Waals surface area contributed by atoms with E-state index in [0.29, 0.717) is 0 Å². The maximum atomic E-state index is 12.2. The van der Waals surface area contributed by atoms with Crippen molar-refractivity contribution in [3.05, 3.63) is 65.0 Å². The van der Waals surface area contributed by atoms with E-state index in [1.807, 2.05) is 42.5 Å². The third-order valence-electron chi connectivity index (χ3n) is 3.68. The summed E-state index contributed by atoms with van der Waals surface area (Å²) in [7, 11) is -4.18. The zero-order valence-electron chi connectivity index (χ0n) is 12.3. The molecule has 0 bridgehead atoms. The molecule has 1 aliphatic carbocycles.